The van der Waals surface area contributed by atoms with Gasteiger partial charge in [0.05, 0.1) is 11.6 Å². The third-order valence-corrected chi connectivity index (χ3v) is 3.17. The highest BCUT2D eigenvalue weighted by Gasteiger charge is 2.02. The summed E-state index contributed by atoms with van der Waals surface area (Å²) in [6.07, 6.45) is 2.97. The first-order chi connectivity index (χ1) is 6.63. The Hall–Kier alpha value is -0.510. The molecule has 1 rings (SSSR count). The lowest BCUT2D eigenvalue weighted by molar-refractivity contribution is -0.137. The van der Waals surface area contributed by atoms with Crippen molar-refractivity contribution in [1.29, 1.82) is 0 Å². The fraction of sp³-hybridized carbons (Fsp3) is 0.222. The zero-order valence-electron chi connectivity index (χ0n) is 7.42. The van der Waals surface area contributed by atoms with Crippen LogP contribution in [-0.2, 0) is 9.53 Å². The van der Waals surface area contributed by atoms with E-state index in [0.717, 1.165) is 4.88 Å². The van der Waals surface area contributed by atoms with Crippen molar-refractivity contribution in [3.05, 3.63) is 26.4 Å². The molecule has 1 aromatic heterocycles. The second-order valence-corrected chi connectivity index (χ2v) is 4.45. The molecule has 0 saturated heterocycles. The lowest BCUT2D eigenvalue weighted by Crippen LogP contribution is -1.98. The van der Waals surface area contributed by atoms with Gasteiger partial charge in [-0.05, 0) is 19.1 Å². The predicted octanol–water partition coefficient (Wildman–Crippen LogP) is 3.63. The predicted molar refractivity (Wildman–Crippen MR) is 60.0 cm³/mol. The van der Waals surface area contributed by atoms with E-state index in [1.54, 1.807) is 19.1 Å². The van der Waals surface area contributed by atoms with Gasteiger partial charge in [0, 0.05) is 11.0 Å². The molecule has 0 unspecified atom stereocenters. The van der Waals surface area contributed by atoms with Crippen molar-refractivity contribution in [3.63, 3.8) is 0 Å². The molecule has 1 aromatic rings. The zero-order chi connectivity index (χ0) is 10.6. The van der Waals surface area contributed by atoms with Crippen molar-refractivity contribution in [2.45, 2.75) is 6.92 Å². The van der Waals surface area contributed by atoms with Gasteiger partial charge < -0.3 is 4.74 Å². The highest BCUT2D eigenvalue weighted by molar-refractivity contribution is 7.17. The van der Waals surface area contributed by atoms with E-state index in [2.05, 4.69) is 0 Å². The van der Waals surface area contributed by atoms with E-state index in [1.807, 2.05) is 0 Å². The average molecular weight is 251 g/mol. The molecule has 5 heteroatoms. The molecule has 0 aliphatic rings. The van der Waals surface area contributed by atoms with Gasteiger partial charge in [-0.2, -0.15) is 0 Å². The molecule has 14 heavy (non-hydrogen) atoms. The number of carbonyl (C=O) groups excluding carboxylic acids is 1. The molecule has 0 atom stereocenters. The molecule has 0 amide bonds. The lowest BCUT2D eigenvalue weighted by atomic mass is 10.4. The molecule has 0 N–H and O–H groups in total. The van der Waals surface area contributed by atoms with Crippen LogP contribution in [0.25, 0.3) is 6.08 Å². The van der Waals surface area contributed by atoms with Crippen molar-refractivity contribution in [2.75, 3.05) is 6.61 Å². The highest BCUT2D eigenvalue weighted by Crippen LogP contribution is 2.32. The van der Waals surface area contributed by atoms with Crippen LogP contribution >= 0.6 is 34.5 Å². The molecular weight excluding hydrogens is 243 g/mol. The van der Waals surface area contributed by atoms with Gasteiger partial charge in [-0.1, -0.05) is 23.2 Å². The van der Waals surface area contributed by atoms with Gasteiger partial charge >= 0.3 is 5.97 Å². The van der Waals surface area contributed by atoms with E-state index in [9.17, 15) is 4.79 Å². The lowest BCUT2D eigenvalue weighted by Gasteiger charge is -1.93. The molecule has 0 aliphatic heterocycles. The van der Waals surface area contributed by atoms with E-state index in [4.69, 9.17) is 27.9 Å². The molecule has 0 aliphatic carbocycles. The number of hydrogen-bond donors (Lipinski definition) is 0. The van der Waals surface area contributed by atoms with Crippen LogP contribution < -0.4 is 0 Å². The van der Waals surface area contributed by atoms with Gasteiger partial charge in [0.15, 0.2) is 0 Å². The van der Waals surface area contributed by atoms with Gasteiger partial charge in [0.2, 0.25) is 0 Å². The normalized spacial score (nSPS) is 10.8. The second-order valence-electron chi connectivity index (χ2n) is 2.36. The Labute approximate surface area is 96.1 Å². The summed E-state index contributed by atoms with van der Waals surface area (Å²) in [6.45, 7) is 2.12. The Bertz CT molecular complexity index is 338. The third-order valence-electron chi connectivity index (χ3n) is 1.33. The Morgan fingerprint density at radius 1 is 1.64 bits per heavy atom. The molecule has 76 valence electrons. The summed E-state index contributed by atoms with van der Waals surface area (Å²) in [7, 11) is 0. The monoisotopic (exact) mass is 250 g/mol. The van der Waals surface area contributed by atoms with Crippen molar-refractivity contribution < 1.29 is 9.53 Å². The number of rotatable bonds is 3. The Kier molecular flexibility index (Phi) is 4.45. The number of thiophene rings is 1. The Morgan fingerprint density at radius 2 is 2.36 bits per heavy atom. The van der Waals surface area contributed by atoms with Crippen molar-refractivity contribution in [2.24, 2.45) is 0 Å². The van der Waals surface area contributed by atoms with Crippen LogP contribution in [0.1, 0.15) is 11.8 Å². The number of carbonyl (C=O) groups is 1. The molecular formula is C9H8Cl2O2S. The molecule has 2 nitrogen and oxygen atoms in total. The molecule has 1 heterocycles. The maximum Gasteiger partial charge on any atom is 0.330 e. The van der Waals surface area contributed by atoms with Crippen LogP contribution in [-0.4, -0.2) is 12.6 Å². The quantitative estimate of drug-likeness (QED) is 0.605. The molecule has 0 fully saturated rings. The number of halogens is 2. The van der Waals surface area contributed by atoms with Crippen LogP contribution in [0, 0.1) is 0 Å². The zero-order valence-corrected chi connectivity index (χ0v) is 9.75. The maximum absolute atomic E-state index is 10.9. The van der Waals surface area contributed by atoms with Crippen LogP contribution in [0.4, 0.5) is 0 Å². The topological polar surface area (TPSA) is 26.3 Å². The van der Waals surface area contributed by atoms with E-state index in [-0.39, 0.29) is 5.97 Å². The number of hydrogen-bond acceptors (Lipinski definition) is 3. The van der Waals surface area contributed by atoms with Gasteiger partial charge in [-0.25, -0.2) is 4.79 Å². The van der Waals surface area contributed by atoms with E-state index in [0.29, 0.717) is 16.0 Å². The molecule has 0 bridgehead atoms. The Morgan fingerprint density at radius 3 is 2.86 bits per heavy atom. The SMILES string of the molecule is CCOC(=O)/C=C/c1cc(Cl)c(Cl)s1. The maximum atomic E-state index is 10.9. The first-order valence-corrected chi connectivity index (χ1v) is 5.50. The Balaban J connectivity index is 2.64. The van der Waals surface area contributed by atoms with E-state index in [1.165, 1.54) is 17.4 Å². The summed E-state index contributed by atoms with van der Waals surface area (Å²) >= 11 is 12.8. The second kappa shape index (κ2) is 5.39. The fourth-order valence-corrected chi connectivity index (χ4v) is 2.08. The van der Waals surface area contributed by atoms with Crippen LogP contribution in [0.3, 0.4) is 0 Å². The minimum Gasteiger partial charge on any atom is -0.463 e. The molecule has 0 saturated carbocycles. The van der Waals surface area contributed by atoms with Gasteiger partial charge in [0.25, 0.3) is 0 Å². The first kappa shape index (κ1) is 11.6. The summed E-state index contributed by atoms with van der Waals surface area (Å²) in [5.74, 6) is -0.367. The summed E-state index contributed by atoms with van der Waals surface area (Å²) in [4.78, 5) is 11.8. The summed E-state index contributed by atoms with van der Waals surface area (Å²) in [5, 5.41) is 0.500. The molecule has 0 aromatic carbocycles. The number of ether oxygens (including phenoxy) is 1. The highest BCUT2D eigenvalue weighted by atomic mass is 35.5. The smallest absolute Gasteiger partial charge is 0.330 e. The summed E-state index contributed by atoms with van der Waals surface area (Å²) in [5.41, 5.74) is 0. The van der Waals surface area contributed by atoms with Crippen molar-refractivity contribution >= 4 is 46.6 Å². The number of esters is 1. The largest absolute Gasteiger partial charge is 0.463 e. The average Bonchev–Trinajstić information content (AvgIpc) is 2.44. The van der Waals surface area contributed by atoms with Gasteiger partial charge in [-0.15, -0.1) is 11.3 Å². The minimum atomic E-state index is -0.367. The van der Waals surface area contributed by atoms with Crippen LogP contribution in [0.15, 0.2) is 12.1 Å². The minimum absolute atomic E-state index is 0.367. The summed E-state index contributed by atoms with van der Waals surface area (Å²) < 4.78 is 5.24. The van der Waals surface area contributed by atoms with Crippen LogP contribution in [0.5, 0.6) is 0 Å². The van der Waals surface area contributed by atoms with E-state index < -0.39 is 0 Å². The standard InChI is InChI=1S/C9H8Cl2O2S/c1-2-13-8(12)4-3-6-5-7(10)9(11)14-6/h3-5H,2H2,1H3/b4-3+. The van der Waals surface area contributed by atoms with Crippen molar-refractivity contribution in [1.82, 2.24) is 0 Å². The third kappa shape index (κ3) is 3.33. The van der Waals surface area contributed by atoms with Crippen LogP contribution in [0.2, 0.25) is 9.36 Å². The van der Waals surface area contributed by atoms with Crippen molar-refractivity contribution in [3.8, 4) is 0 Å². The fourth-order valence-electron chi connectivity index (χ4n) is 0.786. The summed E-state index contributed by atoms with van der Waals surface area (Å²) in [6, 6.07) is 1.70. The molecule has 0 spiro atoms. The van der Waals surface area contributed by atoms with E-state index >= 15 is 0 Å². The molecule has 0 radical (unpaired) electrons. The van der Waals surface area contributed by atoms with Gasteiger partial charge in [-0.3, -0.25) is 0 Å². The van der Waals surface area contributed by atoms with Gasteiger partial charge in [0.1, 0.15) is 4.34 Å². The first-order valence-electron chi connectivity index (χ1n) is 3.93.